The number of aromatic nitrogens is 3. The standard InChI is InChI=1S/C10H17N3O/c1-10(2,14)9-7-13(12-11-9)6-5-8-3-4-8/h7-8,14H,3-6H2,1-2H3. The van der Waals surface area contributed by atoms with E-state index in [0.29, 0.717) is 5.69 Å². The fourth-order valence-corrected chi connectivity index (χ4v) is 1.41. The first-order chi connectivity index (χ1) is 6.55. The molecule has 14 heavy (non-hydrogen) atoms. The molecule has 78 valence electrons. The third kappa shape index (κ3) is 2.32. The molecule has 0 amide bonds. The summed E-state index contributed by atoms with van der Waals surface area (Å²) in [5.41, 5.74) is -0.231. The molecule has 1 heterocycles. The Morgan fingerprint density at radius 3 is 2.79 bits per heavy atom. The molecule has 0 aliphatic heterocycles. The van der Waals surface area contributed by atoms with Gasteiger partial charge in [-0.2, -0.15) is 0 Å². The van der Waals surface area contributed by atoms with Gasteiger partial charge >= 0.3 is 0 Å². The van der Waals surface area contributed by atoms with Crippen LogP contribution in [0.1, 0.15) is 38.8 Å². The van der Waals surface area contributed by atoms with Gasteiger partial charge in [0, 0.05) is 6.54 Å². The monoisotopic (exact) mass is 195 g/mol. The number of hydrogen-bond acceptors (Lipinski definition) is 3. The van der Waals surface area contributed by atoms with Gasteiger partial charge in [-0.3, -0.25) is 4.68 Å². The van der Waals surface area contributed by atoms with Crippen LogP contribution >= 0.6 is 0 Å². The van der Waals surface area contributed by atoms with Crippen LogP contribution in [0.2, 0.25) is 0 Å². The van der Waals surface area contributed by atoms with Crippen molar-refractivity contribution in [1.29, 1.82) is 0 Å². The highest BCUT2D eigenvalue weighted by Crippen LogP contribution is 2.32. The summed E-state index contributed by atoms with van der Waals surface area (Å²) >= 11 is 0. The minimum absolute atomic E-state index is 0.647. The molecule has 4 heteroatoms. The summed E-state index contributed by atoms with van der Waals surface area (Å²) in [7, 11) is 0. The van der Waals surface area contributed by atoms with E-state index in [2.05, 4.69) is 10.3 Å². The van der Waals surface area contributed by atoms with E-state index in [1.165, 1.54) is 19.3 Å². The van der Waals surface area contributed by atoms with Crippen LogP contribution in [0.25, 0.3) is 0 Å². The van der Waals surface area contributed by atoms with Crippen LogP contribution in [-0.4, -0.2) is 20.1 Å². The molecule has 1 N–H and O–H groups in total. The van der Waals surface area contributed by atoms with Gasteiger partial charge in [-0.1, -0.05) is 18.1 Å². The zero-order valence-electron chi connectivity index (χ0n) is 8.77. The lowest BCUT2D eigenvalue weighted by molar-refractivity contribution is 0.0737. The zero-order chi connectivity index (χ0) is 10.2. The third-order valence-corrected chi connectivity index (χ3v) is 2.63. The second-order valence-corrected chi connectivity index (χ2v) is 4.66. The lowest BCUT2D eigenvalue weighted by Crippen LogP contribution is -2.15. The number of nitrogens with zero attached hydrogens (tertiary/aromatic N) is 3. The van der Waals surface area contributed by atoms with Gasteiger partial charge in [0.1, 0.15) is 11.3 Å². The fraction of sp³-hybridized carbons (Fsp3) is 0.800. The normalized spacial score (nSPS) is 17.4. The Bertz CT molecular complexity index is 309. The molecule has 0 aromatic carbocycles. The average Bonchev–Trinajstić information content (AvgIpc) is 2.77. The van der Waals surface area contributed by atoms with Crippen LogP contribution in [0.4, 0.5) is 0 Å². The molecule has 4 nitrogen and oxygen atoms in total. The molecule has 0 radical (unpaired) electrons. The highest BCUT2D eigenvalue weighted by molar-refractivity contribution is 5.02. The van der Waals surface area contributed by atoms with Crippen LogP contribution < -0.4 is 0 Å². The van der Waals surface area contributed by atoms with E-state index in [-0.39, 0.29) is 0 Å². The molecule has 1 aromatic heterocycles. The number of rotatable bonds is 4. The predicted molar refractivity (Wildman–Crippen MR) is 52.6 cm³/mol. The van der Waals surface area contributed by atoms with Crippen molar-refractivity contribution >= 4 is 0 Å². The lowest BCUT2D eigenvalue weighted by Gasteiger charge is -2.11. The Labute approximate surface area is 83.9 Å². The van der Waals surface area contributed by atoms with Crippen LogP contribution in [0, 0.1) is 5.92 Å². The van der Waals surface area contributed by atoms with E-state index < -0.39 is 5.60 Å². The quantitative estimate of drug-likeness (QED) is 0.788. The molecule has 1 aromatic rings. The SMILES string of the molecule is CC(C)(O)c1cn(CCC2CC2)nn1. The van der Waals surface area contributed by atoms with Crippen molar-refractivity contribution < 1.29 is 5.11 Å². The van der Waals surface area contributed by atoms with Crippen LogP contribution in [0.3, 0.4) is 0 Å². The Hall–Kier alpha value is -0.900. The van der Waals surface area contributed by atoms with Crippen molar-refractivity contribution in [3.8, 4) is 0 Å². The maximum Gasteiger partial charge on any atom is 0.114 e. The van der Waals surface area contributed by atoms with Crippen LogP contribution in [0.5, 0.6) is 0 Å². The molecular weight excluding hydrogens is 178 g/mol. The van der Waals surface area contributed by atoms with E-state index in [0.717, 1.165) is 12.5 Å². The van der Waals surface area contributed by atoms with Gasteiger partial charge in [-0.25, -0.2) is 0 Å². The van der Waals surface area contributed by atoms with E-state index in [9.17, 15) is 5.11 Å². The number of hydrogen-bond donors (Lipinski definition) is 1. The topological polar surface area (TPSA) is 50.9 Å². The summed E-state index contributed by atoms with van der Waals surface area (Å²) in [5, 5.41) is 17.6. The molecule has 1 fully saturated rings. The van der Waals surface area contributed by atoms with Gasteiger partial charge in [0.25, 0.3) is 0 Å². The van der Waals surface area contributed by atoms with E-state index in [1.807, 2.05) is 10.9 Å². The van der Waals surface area contributed by atoms with Gasteiger partial charge in [0.2, 0.25) is 0 Å². The van der Waals surface area contributed by atoms with E-state index in [4.69, 9.17) is 0 Å². The summed E-state index contributed by atoms with van der Waals surface area (Å²) in [5.74, 6) is 0.907. The molecule has 0 bridgehead atoms. The Kier molecular flexibility index (Phi) is 2.31. The van der Waals surface area contributed by atoms with Crippen LogP contribution in [-0.2, 0) is 12.1 Å². The number of aliphatic hydroxyl groups is 1. The fourth-order valence-electron chi connectivity index (χ4n) is 1.41. The minimum atomic E-state index is -0.877. The predicted octanol–water partition coefficient (Wildman–Crippen LogP) is 1.31. The van der Waals surface area contributed by atoms with Crippen molar-refractivity contribution in [3.05, 3.63) is 11.9 Å². The summed E-state index contributed by atoms with van der Waals surface area (Å²) in [6, 6.07) is 0. The van der Waals surface area contributed by atoms with E-state index in [1.54, 1.807) is 13.8 Å². The first-order valence-corrected chi connectivity index (χ1v) is 5.19. The second kappa shape index (κ2) is 3.35. The van der Waals surface area contributed by atoms with Crippen molar-refractivity contribution in [2.24, 2.45) is 5.92 Å². The first kappa shape index (κ1) is 9.65. The molecule has 1 aliphatic carbocycles. The van der Waals surface area contributed by atoms with Gasteiger partial charge in [0.05, 0.1) is 6.20 Å². The summed E-state index contributed by atoms with van der Waals surface area (Å²) in [4.78, 5) is 0. The molecule has 1 aliphatic rings. The maximum atomic E-state index is 9.68. The van der Waals surface area contributed by atoms with Crippen molar-refractivity contribution in [2.75, 3.05) is 0 Å². The Morgan fingerprint density at radius 2 is 2.29 bits per heavy atom. The van der Waals surface area contributed by atoms with Gasteiger partial charge < -0.3 is 5.11 Å². The van der Waals surface area contributed by atoms with E-state index >= 15 is 0 Å². The lowest BCUT2D eigenvalue weighted by atomic mass is 10.1. The van der Waals surface area contributed by atoms with Crippen molar-refractivity contribution in [2.45, 2.75) is 45.3 Å². The highest BCUT2D eigenvalue weighted by atomic mass is 16.3. The highest BCUT2D eigenvalue weighted by Gasteiger charge is 2.22. The summed E-state index contributed by atoms with van der Waals surface area (Å²) in [6.07, 6.45) is 5.76. The van der Waals surface area contributed by atoms with Gasteiger partial charge in [-0.15, -0.1) is 5.10 Å². The summed E-state index contributed by atoms with van der Waals surface area (Å²) in [6.45, 7) is 4.37. The zero-order valence-corrected chi connectivity index (χ0v) is 8.77. The largest absolute Gasteiger partial charge is 0.384 e. The Balaban J connectivity index is 1.94. The second-order valence-electron chi connectivity index (χ2n) is 4.66. The van der Waals surface area contributed by atoms with Gasteiger partial charge in [0.15, 0.2) is 0 Å². The first-order valence-electron chi connectivity index (χ1n) is 5.19. The molecule has 0 spiro atoms. The minimum Gasteiger partial charge on any atom is -0.384 e. The average molecular weight is 195 g/mol. The van der Waals surface area contributed by atoms with Crippen LogP contribution in [0.15, 0.2) is 6.20 Å². The molecular formula is C10H17N3O. The number of aryl methyl sites for hydroxylation is 1. The molecule has 2 rings (SSSR count). The maximum absolute atomic E-state index is 9.68. The van der Waals surface area contributed by atoms with Crippen molar-refractivity contribution in [3.63, 3.8) is 0 Å². The van der Waals surface area contributed by atoms with Gasteiger partial charge in [-0.05, 0) is 26.2 Å². The summed E-state index contributed by atoms with van der Waals surface area (Å²) < 4.78 is 1.83. The smallest absolute Gasteiger partial charge is 0.114 e. The molecule has 0 unspecified atom stereocenters. The Morgan fingerprint density at radius 1 is 1.57 bits per heavy atom. The molecule has 0 atom stereocenters. The third-order valence-electron chi connectivity index (χ3n) is 2.63. The molecule has 1 saturated carbocycles. The van der Waals surface area contributed by atoms with Crippen molar-refractivity contribution in [1.82, 2.24) is 15.0 Å². The molecule has 0 saturated heterocycles.